The number of nitriles is 4. The Kier molecular flexibility index (Phi) is 9.72. The molecule has 0 saturated carbocycles. The molecule has 2 aromatic heterocycles. The Morgan fingerprint density at radius 3 is 1.47 bits per heavy atom. The van der Waals surface area contributed by atoms with Crippen LogP contribution < -0.4 is 0 Å². The fourth-order valence-corrected chi connectivity index (χ4v) is 9.68. The van der Waals surface area contributed by atoms with Gasteiger partial charge in [-0.1, -0.05) is 97.1 Å². The molecule has 11 rings (SSSR count). The Morgan fingerprint density at radius 1 is 0.353 bits per heavy atom. The number of fused-ring (bicyclic) bond motifs is 6. The summed E-state index contributed by atoms with van der Waals surface area (Å²) in [6.45, 7) is 0. The van der Waals surface area contributed by atoms with Crippen molar-refractivity contribution in [1.29, 1.82) is 21.0 Å². The number of nitrogens with zero attached hydrogens (tertiary/aromatic N) is 6. The quantitative estimate of drug-likeness (QED) is 0.166. The van der Waals surface area contributed by atoms with Gasteiger partial charge in [0.15, 0.2) is 0 Å². The first-order chi connectivity index (χ1) is 33.2. The molecule has 0 bridgehead atoms. The summed E-state index contributed by atoms with van der Waals surface area (Å²) in [6.07, 6.45) is -4.68. The van der Waals surface area contributed by atoms with E-state index >= 15 is 0 Å². The Morgan fingerprint density at radius 2 is 0.882 bits per heavy atom. The molecule has 0 spiro atoms. The van der Waals surface area contributed by atoms with Gasteiger partial charge in [-0.05, 0) is 124 Å². The van der Waals surface area contributed by atoms with Crippen LogP contribution in [0.5, 0.6) is 0 Å². The minimum Gasteiger partial charge on any atom is -0.309 e. The molecule has 0 atom stereocenters. The average molecular weight is 881 g/mol. The zero-order valence-corrected chi connectivity index (χ0v) is 35.7. The molecule has 0 amide bonds. The van der Waals surface area contributed by atoms with Crippen LogP contribution in [-0.2, 0) is 6.18 Å². The van der Waals surface area contributed by atoms with Crippen molar-refractivity contribution in [2.24, 2.45) is 0 Å². The summed E-state index contributed by atoms with van der Waals surface area (Å²) < 4.78 is 46.7. The van der Waals surface area contributed by atoms with E-state index in [0.29, 0.717) is 44.6 Å². The molecule has 0 saturated heterocycles. The van der Waals surface area contributed by atoms with Gasteiger partial charge >= 0.3 is 6.18 Å². The number of hydrogen-bond acceptors (Lipinski definition) is 4. The molecule has 9 aromatic carbocycles. The van der Waals surface area contributed by atoms with Crippen LogP contribution in [0.2, 0.25) is 0 Å². The molecule has 2 heterocycles. The summed E-state index contributed by atoms with van der Waals surface area (Å²) in [5.41, 5.74) is 10.5. The highest BCUT2D eigenvalue weighted by atomic mass is 19.4. The molecule has 0 fully saturated rings. The number of alkyl halides is 3. The monoisotopic (exact) mass is 880 g/mol. The van der Waals surface area contributed by atoms with Gasteiger partial charge in [-0.3, -0.25) is 0 Å². The third-order valence-corrected chi connectivity index (χ3v) is 12.7. The van der Waals surface area contributed by atoms with Gasteiger partial charge in [-0.25, -0.2) is 0 Å². The van der Waals surface area contributed by atoms with Gasteiger partial charge < -0.3 is 9.13 Å². The molecule has 0 unspecified atom stereocenters. The first-order valence-corrected chi connectivity index (χ1v) is 21.6. The highest BCUT2D eigenvalue weighted by molar-refractivity contribution is 6.12. The van der Waals surface area contributed by atoms with E-state index < -0.39 is 11.7 Å². The highest BCUT2D eigenvalue weighted by Crippen LogP contribution is 2.45. The molecule has 11 aromatic rings. The number of aromatic nitrogens is 2. The van der Waals surface area contributed by atoms with E-state index in [9.17, 15) is 34.2 Å². The topological polar surface area (TPSA) is 105 Å². The molecule has 318 valence electrons. The average Bonchev–Trinajstić information content (AvgIpc) is 3.89. The fraction of sp³-hybridized carbons (Fsp3) is 0.0169. The molecule has 6 nitrogen and oxygen atoms in total. The maximum atomic E-state index is 14.1. The number of rotatable bonds is 6. The Bertz CT molecular complexity index is 4090. The smallest absolute Gasteiger partial charge is 0.309 e. The first-order valence-electron chi connectivity index (χ1n) is 21.6. The second-order valence-electron chi connectivity index (χ2n) is 16.4. The third-order valence-electron chi connectivity index (χ3n) is 12.7. The molecule has 68 heavy (non-hydrogen) atoms. The van der Waals surface area contributed by atoms with Gasteiger partial charge in [0, 0.05) is 38.4 Å². The van der Waals surface area contributed by atoms with Crippen molar-refractivity contribution >= 4 is 43.6 Å². The molecular weight excluding hydrogens is 850 g/mol. The maximum Gasteiger partial charge on any atom is 0.416 e. The Hall–Kier alpha value is -9.67. The van der Waals surface area contributed by atoms with Crippen LogP contribution in [0.15, 0.2) is 188 Å². The Labute approximate surface area is 387 Å². The van der Waals surface area contributed by atoms with Crippen molar-refractivity contribution in [3.63, 3.8) is 0 Å². The lowest BCUT2D eigenvalue weighted by atomic mass is 9.89. The largest absolute Gasteiger partial charge is 0.416 e. The number of halogens is 3. The summed E-state index contributed by atoms with van der Waals surface area (Å²) in [5.74, 6) is 0. The summed E-state index contributed by atoms with van der Waals surface area (Å²) >= 11 is 0. The van der Waals surface area contributed by atoms with Gasteiger partial charge in [-0.15, -0.1) is 0 Å². The zero-order valence-electron chi connectivity index (χ0n) is 35.7. The molecule has 9 heteroatoms. The predicted molar refractivity (Wildman–Crippen MR) is 261 cm³/mol. The van der Waals surface area contributed by atoms with Gasteiger partial charge in [0.25, 0.3) is 0 Å². The normalized spacial score (nSPS) is 11.4. The fourth-order valence-electron chi connectivity index (χ4n) is 9.68. The van der Waals surface area contributed by atoms with Crippen molar-refractivity contribution in [2.45, 2.75) is 6.18 Å². The van der Waals surface area contributed by atoms with Gasteiger partial charge in [0.2, 0.25) is 0 Å². The summed E-state index contributed by atoms with van der Waals surface area (Å²) in [7, 11) is 0. The SMILES string of the molecule is N#Cc1ccc(-n2c3ccccc3c3cc(-c4ccccc4C#N)ccc32)c(-c2cc(-n3c4ccccc4c4cc(-c5ccccc5C#N)ccc43)ccc2-c2ccc(C(F)(F)F)cc2C#N)c1. The zero-order chi connectivity index (χ0) is 46.7. The van der Waals surface area contributed by atoms with Gasteiger partial charge in [0.1, 0.15) is 0 Å². The molecule has 0 aliphatic rings. The minimum atomic E-state index is -4.68. The van der Waals surface area contributed by atoms with Crippen LogP contribution in [0, 0.1) is 45.3 Å². The van der Waals surface area contributed by atoms with Crippen molar-refractivity contribution in [2.75, 3.05) is 0 Å². The van der Waals surface area contributed by atoms with Crippen molar-refractivity contribution in [3.8, 4) is 80.2 Å². The molecule has 0 aliphatic carbocycles. The molecule has 0 aliphatic heterocycles. The van der Waals surface area contributed by atoms with E-state index in [4.69, 9.17) is 0 Å². The van der Waals surface area contributed by atoms with Crippen molar-refractivity contribution in [3.05, 3.63) is 216 Å². The number of para-hydroxylation sites is 2. The third kappa shape index (κ3) is 6.63. The van der Waals surface area contributed by atoms with Crippen LogP contribution in [0.4, 0.5) is 13.2 Å². The van der Waals surface area contributed by atoms with Crippen LogP contribution in [0.3, 0.4) is 0 Å². The minimum absolute atomic E-state index is 0.157. The lowest BCUT2D eigenvalue weighted by Gasteiger charge is -2.20. The van der Waals surface area contributed by atoms with Crippen molar-refractivity contribution < 1.29 is 13.2 Å². The van der Waals surface area contributed by atoms with E-state index in [0.717, 1.165) is 83.7 Å². The van der Waals surface area contributed by atoms with E-state index in [1.807, 2.05) is 140 Å². The van der Waals surface area contributed by atoms with E-state index in [1.54, 1.807) is 24.3 Å². The summed E-state index contributed by atoms with van der Waals surface area (Å²) in [4.78, 5) is 0. The van der Waals surface area contributed by atoms with E-state index in [-0.39, 0.29) is 5.56 Å². The number of benzene rings is 9. The van der Waals surface area contributed by atoms with Crippen LogP contribution in [0.1, 0.15) is 27.8 Å². The van der Waals surface area contributed by atoms with E-state index in [1.165, 1.54) is 6.07 Å². The van der Waals surface area contributed by atoms with Crippen LogP contribution in [-0.4, -0.2) is 9.13 Å². The molecule has 0 N–H and O–H groups in total. The second-order valence-corrected chi connectivity index (χ2v) is 16.4. The van der Waals surface area contributed by atoms with Gasteiger partial charge in [0.05, 0.1) is 79.8 Å². The lowest BCUT2D eigenvalue weighted by molar-refractivity contribution is -0.137. The highest BCUT2D eigenvalue weighted by Gasteiger charge is 2.32. The first kappa shape index (κ1) is 41.1. The Balaban J connectivity index is 1.21. The van der Waals surface area contributed by atoms with Crippen molar-refractivity contribution in [1.82, 2.24) is 9.13 Å². The van der Waals surface area contributed by atoms with E-state index in [2.05, 4.69) is 39.5 Å². The van der Waals surface area contributed by atoms with Crippen LogP contribution >= 0.6 is 0 Å². The van der Waals surface area contributed by atoms with Gasteiger partial charge in [-0.2, -0.15) is 34.2 Å². The number of hydrogen-bond donors (Lipinski definition) is 0. The maximum absolute atomic E-state index is 14.1. The standard InChI is InChI=1S/C59H31F3N6/c60-59(61,62)42-20-22-46(41(28-42)35-66)47-23-21-43(67-54-15-7-5-13-48(54)52-29-37(18-25-56(52)67)44-11-3-1-9-39(44)33-64)31-50(47)51-27-36(32-63)17-24-57(51)68-55-16-8-6-14-49(55)53-30-38(19-26-58(53)68)45-12-4-2-10-40(45)34-65/h1-31H. The molecule has 0 radical (unpaired) electrons. The van der Waals surface area contributed by atoms with Crippen LogP contribution in [0.25, 0.3) is 99.5 Å². The molecular formula is C59H31F3N6. The predicted octanol–water partition coefficient (Wildman–Crippen LogP) is 15.1. The lowest BCUT2D eigenvalue weighted by Crippen LogP contribution is -2.06. The summed E-state index contributed by atoms with van der Waals surface area (Å²) in [6, 6.07) is 66.4. The second kappa shape index (κ2) is 16.1. The summed E-state index contributed by atoms with van der Waals surface area (Å²) in [5, 5.41) is 44.7.